The van der Waals surface area contributed by atoms with Crippen LogP contribution in [0.1, 0.15) is 18.4 Å². The smallest absolute Gasteiger partial charge is 0.245 e. The van der Waals surface area contributed by atoms with E-state index in [4.69, 9.17) is 0 Å². The molecule has 4 nitrogen and oxygen atoms in total. The van der Waals surface area contributed by atoms with Gasteiger partial charge >= 0.3 is 0 Å². The summed E-state index contributed by atoms with van der Waals surface area (Å²) in [5, 5.41) is 3.11. The lowest BCUT2D eigenvalue weighted by atomic mass is 9.98. The lowest BCUT2D eigenvalue weighted by molar-refractivity contribution is 0.270. The number of piperidine rings is 1. The molecule has 1 aliphatic rings. The van der Waals surface area contributed by atoms with Crippen molar-refractivity contribution in [2.75, 3.05) is 26.7 Å². The van der Waals surface area contributed by atoms with Gasteiger partial charge in [0, 0.05) is 13.1 Å². The number of benzene rings is 1. The second kappa shape index (κ2) is 6.20. The molecule has 0 aliphatic carbocycles. The third-order valence-corrected chi connectivity index (χ3v) is 5.70. The molecule has 0 saturated carbocycles. The van der Waals surface area contributed by atoms with Crippen molar-refractivity contribution in [3.05, 3.63) is 29.6 Å². The van der Waals surface area contributed by atoms with Gasteiger partial charge in [-0.3, -0.25) is 0 Å². The first kappa shape index (κ1) is 15.4. The van der Waals surface area contributed by atoms with Crippen LogP contribution in [0, 0.1) is 18.7 Å². The van der Waals surface area contributed by atoms with Gasteiger partial charge in [-0.15, -0.1) is 0 Å². The van der Waals surface area contributed by atoms with Crippen LogP contribution in [0.25, 0.3) is 0 Å². The zero-order valence-corrected chi connectivity index (χ0v) is 12.7. The molecule has 6 heteroatoms. The molecule has 0 amide bonds. The van der Waals surface area contributed by atoms with Crippen LogP contribution in [-0.4, -0.2) is 39.4 Å². The molecule has 0 bridgehead atoms. The Morgan fingerprint density at radius 3 is 2.55 bits per heavy atom. The summed E-state index contributed by atoms with van der Waals surface area (Å²) < 4.78 is 40.2. The van der Waals surface area contributed by atoms with E-state index >= 15 is 0 Å². The van der Waals surface area contributed by atoms with Crippen molar-refractivity contribution in [1.82, 2.24) is 9.62 Å². The van der Waals surface area contributed by atoms with Crippen molar-refractivity contribution in [2.24, 2.45) is 5.92 Å². The average Bonchev–Trinajstić information content (AvgIpc) is 2.39. The zero-order valence-electron chi connectivity index (χ0n) is 11.9. The van der Waals surface area contributed by atoms with Crippen LogP contribution in [0.3, 0.4) is 0 Å². The second-order valence-electron chi connectivity index (χ2n) is 5.34. The molecule has 1 aromatic carbocycles. The molecule has 1 aliphatic heterocycles. The predicted octanol–water partition coefficient (Wildman–Crippen LogP) is 1.75. The summed E-state index contributed by atoms with van der Waals surface area (Å²) in [5.74, 6) is -0.170. The van der Waals surface area contributed by atoms with Crippen molar-refractivity contribution in [1.29, 1.82) is 0 Å². The summed E-state index contributed by atoms with van der Waals surface area (Å²) in [6.45, 7) is 3.56. The summed E-state index contributed by atoms with van der Waals surface area (Å²) in [5.41, 5.74) is 0.717. The van der Waals surface area contributed by atoms with Gasteiger partial charge in [0.2, 0.25) is 10.0 Å². The molecule has 1 heterocycles. The number of rotatable bonds is 4. The molecule has 1 fully saturated rings. The van der Waals surface area contributed by atoms with Gasteiger partial charge in [0.05, 0.1) is 0 Å². The van der Waals surface area contributed by atoms with Crippen LogP contribution >= 0.6 is 0 Å². The maximum Gasteiger partial charge on any atom is 0.245 e. The van der Waals surface area contributed by atoms with E-state index in [0.29, 0.717) is 24.6 Å². The van der Waals surface area contributed by atoms with Crippen LogP contribution in [0.5, 0.6) is 0 Å². The fraction of sp³-hybridized carbons (Fsp3) is 0.571. The topological polar surface area (TPSA) is 49.4 Å². The van der Waals surface area contributed by atoms with Crippen LogP contribution in [0.15, 0.2) is 23.1 Å². The van der Waals surface area contributed by atoms with Crippen molar-refractivity contribution in [3.8, 4) is 0 Å². The molecule has 2 rings (SSSR count). The summed E-state index contributed by atoms with van der Waals surface area (Å²) >= 11 is 0. The number of hydrogen-bond donors (Lipinski definition) is 1. The highest BCUT2D eigenvalue weighted by Gasteiger charge is 2.30. The molecular weight excluding hydrogens is 279 g/mol. The lowest BCUT2D eigenvalue weighted by Gasteiger charge is -2.31. The molecule has 0 unspecified atom stereocenters. The van der Waals surface area contributed by atoms with Gasteiger partial charge in [-0.25, -0.2) is 12.8 Å². The largest absolute Gasteiger partial charge is 0.319 e. The van der Waals surface area contributed by atoms with E-state index in [2.05, 4.69) is 5.32 Å². The van der Waals surface area contributed by atoms with Crippen molar-refractivity contribution in [2.45, 2.75) is 24.7 Å². The molecule has 1 saturated heterocycles. The molecule has 0 spiro atoms. The Kier molecular flexibility index (Phi) is 4.78. The first-order valence-corrected chi connectivity index (χ1v) is 8.30. The summed E-state index contributed by atoms with van der Waals surface area (Å²) in [6, 6.07) is 4.25. The molecular formula is C14H21FN2O2S. The molecule has 0 radical (unpaired) electrons. The fourth-order valence-corrected chi connectivity index (χ4v) is 4.11. The molecule has 0 atom stereocenters. The summed E-state index contributed by atoms with van der Waals surface area (Å²) in [7, 11) is -1.82. The van der Waals surface area contributed by atoms with Gasteiger partial charge in [-0.2, -0.15) is 4.31 Å². The van der Waals surface area contributed by atoms with E-state index in [0.717, 1.165) is 19.4 Å². The van der Waals surface area contributed by atoms with Crippen LogP contribution in [-0.2, 0) is 10.0 Å². The van der Waals surface area contributed by atoms with Crippen molar-refractivity contribution < 1.29 is 12.8 Å². The number of halogens is 1. The second-order valence-corrected chi connectivity index (χ2v) is 7.25. The standard InChI is InChI=1S/C14H21FN2O2S/c1-11-3-4-14(13(15)9-11)20(18,19)17-7-5-12(6-8-17)10-16-2/h3-4,9,12,16H,5-8,10H2,1-2H3. The average molecular weight is 300 g/mol. The van der Waals surface area contributed by atoms with Crippen LogP contribution in [0.4, 0.5) is 4.39 Å². The Morgan fingerprint density at radius 2 is 2.00 bits per heavy atom. The van der Waals surface area contributed by atoms with E-state index < -0.39 is 15.8 Å². The van der Waals surface area contributed by atoms with E-state index in [1.54, 1.807) is 13.0 Å². The third kappa shape index (κ3) is 3.19. The predicted molar refractivity (Wildman–Crippen MR) is 76.5 cm³/mol. The highest BCUT2D eigenvalue weighted by molar-refractivity contribution is 7.89. The lowest BCUT2D eigenvalue weighted by Crippen LogP contribution is -2.40. The molecule has 0 aromatic heterocycles. The zero-order chi connectivity index (χ0) is 14.8. The van der Waals surface area contributed by atoms with E-state index in [9.17, 15) is 12.8 Å². The normalized spacial score (nSPS) is 18.4. The molecule has 1 aromatic rings. The maximum atomic E-state index is 13.9. The quantitative estimate of drug-likeness (QED) is 0.922. The SMILES string of the molecule is CNCC1CCN(S(=O)(=O)c2ccc(C)cc2F)CC1. The van der Waals surface area contributed by atoms with Gasteiger partial charge in [0.1, 0.15) is 10.7 Å². The number of sulfonamides is 1. The van der Waals surface area contributed by atoms with E-state index in [1.807, 2.05) is 7.05 Å². The molecule has 112 valence electrons. The minimum absolute atomic E-state index is 0.213. The van der Waals surface area contributed by atoms with Gasteiger partial charge in [0.15, 0.2) is 0 Å². The highest BCUT2D eigenvalue weighted by Crippen LogP contribution is 2.25. The minimum Gasteiger partial charge on any atom is -0.319 e. The van der Waals surface area contributed by atoms with Crippen molar-refractivity contribution >= 4 is 10.0 Å². The third-order valence-electron chi connectivity index (χ3n) is 3.77. The minimum atomic E-state index is -3.71. The Balaban J connectivity index is 2.15. The first-order valence-electron chi connectivity index (χ1n) is 6.86. The monoisotopic (exact) mass is 300 g/mol. The number of hydrogen-bond acceptors (Lipinski definition) is 3. The molecule has 20 heavy (non-hydrogen) atoms. The van der Waals surface area contributed by atoms with Crippen LogP contribution in [0.2, 0.25) is 0 Å². The van der Waals surface area contributed by atoms with Crippen molar-refractivity contribution in [3.63, 3.8) is 0 Å². The number of nitrogens with one attached hydrogen (secondary N) is 1. The maximum absolute atomic E-state index is 13.9. The molecule has 1 N–H and O–H groups in total. The number of nitrogens with zero attached hydrogens (tertiary/aromatic N) is 1. The highest BCUT2D eigenvalue weighted by atomic mass is 32.2. The first-order chi connectivity index (χ1) is 9.45. The Hall–Kier alpha value is -0.980. The van der Waals surface area contributed by atoms with Gasteiger partial charge < -0.3 is 5.32 Å². The number of aryl methyl sites for hydroxylation is 1. The summed E-state index contributed by atoms with van der Waals surface area (Å²) in [6.07, 6.45) is 1.63. The summed E-state index contributed by atoms with van der Waals surface area (Å²) in [4.78, 5) is -0.213. The Morgan fingerprint density at radius 1 is 1.35 bits per heavy atom. The van der Waals surface area contributed by atoms with Crippen LogP contribution < -0.4 is 5.32 Å². The van der Waals surface area contributed by atoms with E-state index in [1.165, 1.54) is 16.4 Å². The fourth-order valence-electron chi connectivity index (χ4n) is 2.60. The Bertz CT molecular complexity index is 567. The van der Waals surface area contributed by atoms with Gasteiger partial charge in [0.25, 0.3) is 0 Å². The van der Waals surface area contributed by atoms with E-state index in [-0.39, 0.29) is 4.90 Å². The van der Waals surface area contributed by atoms with Gasteiger partial charge in [-0.05, 0) is 57.0 Å². The van der Waals surface area contributed by atoms with Gasteiger partial charge in [-0.1, -0.05) is 6.07 Å². The Labute approximate surface area is 120 Å².